The van der Waals surface area contributed by atoms with E-state index in [-0.39, 0.29) is 5.97 Å². The molecule has 1 aromatic rings. The summed E-state index contributed by atoms with van der Waals surface area (Å²) in [6.07, 6.45) is 1.38. The van der Waals surface area contributed by atoms with Crippen LogP contribution in [0.1, 0.15) is 25.3 Å². The number of allylic oxidation sites excluding steroid dienone is 1. The molecule has 1 aliphatic carbocycles. The Labute approximate surface area is 111 Å². The summed E-state index contributed by atoms with van der Waals surface area (Å²) in [4.78, 5) is 14.9. The van der Waals surface area contributed by atoms with Crippen LogP contribution in [0.15, 0.2) is 41.0 Å². The molecule has 0 radical (unpaired) electrons. The number of ether oxygens (including phenoxy) is 1. The maximum Gasteiger partial charge on any atom is 0.334 e. The normalized spacial score (nSPS) is 18.1. The monoisotopic (exact) mass is 257 g/mol. The number of carbonyl (C=O) groups excluding carboxylic acids is 1. The van der Waals surface area contributed by atoms with E-state index in [1.54, 1.807) is 6.92 Å². The third-order valence-corrected chi connectivity index (χ3v) is 3.13. The van der Waals surface area contributed by atoms with Crippen LogP contribution in [0, 0.1) is 0 Å². The second kappa shape index (κ2) is 6.07. The minimum atomic E-state index is -0.417. The van der Waals surface area contributed by atoms with Crippen molar-refractivity contribution in [3.05, 3.63) is 51.9 Å². The Morgan fingerprint density at radius 1 is 1.47 bits per heavy atom. The van der Waals surface area contributed by atoms with Crippen molar-refractivity contribution in [2.75, 3.05) is 6.61 Å². The molecule has 1 atom stereocenters. The van der Waals surface area contributed by atoms with E-state index in [4.69, 9.17) is 10.3 Å². The van der Waals surface area contributed by atoms with E-state index in [1.165, 1.54) is 0 Å². The van der Waals surface area contributed by atoms with Gasteiger partial charge in [-0.25, -0.2) is 4.79 Å². The Hall–Kier alpha value is -2.26. The smallest absolute Gasteiger partial charge is 0.334 e. The van der Waals surface area contributed by atoms with E-state index >= 15 is 0 Å². The van der Waals surface area contributed by atoms with Crippen LogP contribution in [0.5, 0.6) is 0 Å². The standard InChI is InChI=1S/C14H15N3O2/c1-2-19-14(18)13-11(8-9-12(13)16-17-15)10-6-4-3-5-7-10/h3-7,12H,2,8-9H2,1H3. The highest BCUT2D eigenvalue weighted by Crippen LogP contribution is 2.36. The molecule has 0 bridgehead atoms. The predicted octanol–water partition coefficient (Wildman–Crippen LogP) is 3.48. The molecule has 5 nitrogen and oxygen atoms in total. The van der Waals surface area contributed by atoms with Crippen LogP contribution < -0.4 is 0 Å². The van der Waals surface area contributed by atoms with Crippen LogP contribution in [0.2, 0.25) is 0 Å². The van der Waals surface area contributed by atoms with Gasteiger partial charge in [-0.2, -0.15) is 0 Å². The molecule has 0 saturated carbocycles. The second-order valence-corrected chi connectivity index (χ2v) is 4.24. The summed E-state index contributed by atoms with van der Waals surface area (Å²) >= 11 is 0. The van der Waals surface area contributed by atoms with Gasteiger partial charge in [0, 0.05) is 10.5 Å². The summed E-state index contributed by atoms with van der Waals surface area (Å²) < 4.78 is 5.07. The zero-order valence-corrected chi connectivity index (χ0v) is 10.7. The predicted molar refractivity (Wildman–Crippen MR) is 72.2 cm³/mol. The van der Waals surface area contributed by atoms with Crippen LogP contribution in [-0.4, -0.2) is 18.6 Å². The maximum atomic E-state index is 12.1. The zero-order valence-electron chi connectivity index (χ0n) is 10.7. The molecule has 0 fully saturated rings. The van der Waals surface area contributed by atoms with Crippen molar-refractivity contribution in [2.45, 2.75) is 25.8 Å². The summed E-state index contributed by atoms with van der Waals surface area (Å²) in [5.41, 5.74) is 11.0. The third kappa shape index (κ3) is 2.77. The minimum absolute atomic E-state index is 0.313. The molecule has 98 valence electrons. The zero-order chi connectivity index (χ0) is 13.7. The number of nitrogens with zero attached hydrogens (tertiary/aromatic N) is 3. The first-order chi connectivity index (χ1) is 9.27. The molecule has 1 unspecified atom stereocenters. The minimum Gasteiger partial charge on any atom is -0.463 e. The molecule has 2 rings (SSSR count). The number of esters is 1. The van der Waals surface area contributed by atoms with Gasteiger partial charge in [-0.15, -0.1) is 0 Å². The number of hydrogen-bond acceptors (Lipinski definition) is 3. The summed E-state index contributed by atoms with van der Waals surface area (Å²) in [5, 5.41) is 3.71. The average molecular weight is 257 g/mol. The molecule has 1 aliphatic rings. The van der Waals surface area contributed by atoms with E-state index in [0.29, 0.717) is 18.6 Å². The molecule has 0 amide bonds. The summed E-state index contributed by atoms with van der Waals surface area (Å²) in [6.45, 7) is 2.07. The molecular weight excluding hydrogens is 242 g/mol. The van der Waals surface area contributed by atoms with Crippen LogP contribution in [0.4, 0.5) is 0 Å². The van der Waals surface area contributed by atoms with Crippen molar-refractivity contribution in [3.8, 4) is 0 Å². The van der Waals surface area contributed by atoms with Crippen LogP contribution >= 0.6 is 0 Å². The first kappa shape index (κ1) is 13.2. The highest BCUT2D eigenvalue weighted by molar-refractivity contribution is 6.00. The molecule has 0 spiro atoms. The van der Waals surface area contributed by atoms with Gasteiger partial charge in [-0.05, 0) is 36.4 Å². The van der Waals surface area contributed by atoms with Gasteiger partial charge in [0.2, 0.25) is 0 Å². The van der Waals surface area contributed by atoms with Gasteiger partial charge >= 0.3 is 5.97 Å². The lowest BCUT2D eigenvalue weighted by atomic mass is 10.0. The fourth-order valence-corrected chi connectivity index (χ4v) is 2.35. The van der Waals surface area contributed by atoms with Gasteiger partial charge in [0.15, 0.2) is 0 Å². The Bertz CT molecular complexity index is 545. The lowest BCUT2D eigenvalue weighted by Gasteiger charge is -2.10. The number of hydrogen-bond donors (Lipinski definition) is 0. The Kier molecular flexibility index (Phi) is 4.21. The highest BCUT2D eigenvalue weighted by Gasteiger charge is 2.31. The van der Waals surface area contributed by atoms with E-state index in [9.17, 15) is 4.79 Å². The van der Waals surface area contributed by atoms with E-state index in [1.807, 2.05) is 30.3 Å². The number of benzene rings is 1. The highest BCUT2D eigenvalue weighted by atomic mass is 16.5. The molecule has 0 N–H and O–H groups in total. The van der Waals surface area contributed by atoms with Gasteiger partial charge in [0.05, 0.1) is 12.6 Å². The number of azide groups is 1. The van der Waals surface area contributed by atoms with Gasteiger partial charge in [0.25, 0.3) is 0 Å². The van der Waals surface area contributed by atoms with Crippen LogP contribution in [-0.2, 0) is 9.53 Å². The van der Waals surface area contributed by atoms with Gasteiger partial charge in [-0.3, -0.25) is 0 Å². The van der Waals surface area contributed by atoms with Crippen molar-refractivity contribution in [1.82, 2.24) is 0 Å². The average Bonchev–Trinajstić information content (AvgIpc) is 2.84. The van der Waals surface area contributed by atoms with E-state index < -0.39 is 6.04 Å². The quantitative estimate of drug-likeness (QED) is 0.358. The van der Waals surface area contributed by atoms with Crippen LogP contribution in [0.25, 0.3) is 16.0 Å². The van der Waals surface area contributed by atoms with Crippen molar-refractivity contribution < 1.29 is 9.53 Å². The molecule has 0 heterocycles. The molecule has 0 aliphatic heterocycles. The van der Waals surface area contributed by atoms with Gasteiger partial charge in [0.1, 0.15) is 0 Å². The molecule has 5 heteroatoms. The largest absolute Gasteiger partial charge is 0.463 e. The van der Waals surface area contributed by atoms with Crippen molar-refractivity contribution >= 4 is 11.5 Å². The maximum absolute atomic E-state index is 12.1. The van der Waals surface area contributed by atoms with Crippen molar-refractivity contribution in [3.63, 3.8) is 0 Å². The fourth-order valence-electron chi connectivity index (χ4n) is 2.35. The fraction of sp³-hybridized carbons (Fsp3) is 0.357. The Morgan fingerprint density at radius 2 is 2.21 bits per heavy atom. The topological polar surface area (TPSA) is 75.1 Å². The lowest BCUT2D eigenvalue weighted by molar-refractivity contribution is -0.138. The number of carbonyl (C=O) groups is 1. The molecule has 19 heavy (non-hydrogen) atoms. The van der Waals surface area contributed by atoms with Gasteiger partial charge in [-0.1, -0.05) is 35.4 Å². The third-order valence-electron chi connectivity index (χ3n) is 3.13. The molecule has 0 saturated heterocycles. The van der Waals surface area contributed by atoms with Crippen molar-refractivity contribution in [1.29, 1.82) is 0 Å². The Morgan fingerprint density at radius 3 is 2.84 bits per heavy atom. The van der Waals surface area contributed by atoms with Crippen molar-refractivity contribution in [2.24, 2.45) is 5.11 Å². The first-order valence-corrected chi connectivity index (χ1v) is 6.27. The first-order valence-electron chi connectivity index (χ1n) is 6.27. The SMILES string of the molecule is CCOC(=O)C1=C(c2ccccc2)CCC1N=[N+]=[N-]. The lowest BCUT2D eigenvalue weighted by Crippen LogP contribution is -2.16. The van der Waals surface area contributed by atoms with Crippen LogP contribution in [0.3, 0.4) is 0 Å². The summed E-state index contributed by atoms with van der Waals surface area (Å²) in [7, 11) is 0. The van der Waals surface area contributed by atoms with E-state index in [0.717, 1.165) is 17.6 Å². The summed E-state index contributed by atoms with van der Waals surface area (Å²) in [6, 6.07) is 9.26. The van der Waals surface area contributed by atoms with Gasteiger partial charge < -0.3 is 4.74 Å². The molecular formula is C14H15N3O2. The molecule has 1 aromatic carbocycles. The van der Waals surface area contributed by atoms with E-state index in [2.05, 4.69) is 10.0 Å². The summed E-state index contributed by atoms with van der Waals surface area (Å²) in [5.74, 6) is -0.378. The number of rotatable bonds is 4. The Balaban J connectivity index is 2.45. The second-order valence-electron chi connectivity index (χ2n) is 4.24. The molecule has 0 aromatic heterocycles.